The molecule has 0 radical (unpaired) electrons. The number of hydrogen-bond donors (Lipinski definition) is 2. The summed E-state index contributed by atoms with van der Waals surface area (Å²) in [5.74, 6) is 0.751. The van der Waals surface area contributed by atoms with Crippen LogP contribution >= 0.6 is 15.9 Å². The molecule has 0 aliphatic rings. The van der Waals surface area contributed by atoms with E-state index < -0.39 is 0 Å². The molecular weight excluding hydrogens is 312 g/mol. The number of hydrogen-bond acceptors (Lipinski definition) is 3. The van der Waals surface area contributed by atoms with E-state index >= 15 is 0 Å². The molecule has 1 aromatic rings. The molecule has 5 nitrogen and oxygen atoms in total. The Morgan fingerprint density at radius 3 is 2.79 bits per heavy atom. The number of aliphatic hydroxyl groups is 1. The van der Waals surface area contributed by atoms with Crippen LogP contribution in [-0.4, -0.2) is 42.8 Å². The first-order chi connectivity index (χ1) is 8.99. The summed E-state index contributed by atoms with van der Waals surface area (Å²) in [5, 5.41) is 11.8. The molecule has 1 unspecified atom stereocenters. The van der Waals surface area contributed by atoms with Gasteiger partial charge in [-0.2, -0.15) is 0 Å². The molecule has 0 aromatic heterocycles. The molecule has 1 atom stereocenters. The predicted molar refractivity (Wildman–Crippen MR) is 77.2 cm³/mol. The van der Waals surface area contributed by atoms with Crippen LogP contribution in [0.2, 0.25) is 0 Å². The molecule has 0 spiro atoms. The number of amides is 2. The molecular formula is C13H19BrN2O3. The minimum Gasteiger partial charge on any atom is -0.496 e. The molecule has 1 aromatic carbocycles. The minimum atomic E-state index is -0.214. The van der Waals surface area contributed by atoms with Crippen molar-refractivity contribution in [3.8, 4) is 5.75 Å². The molecule has 19 heavy (non-hydrogen) atoms. The van der Waals surface area contributed by atoms with E-state index in [0.29, 0.717) is 6.54 Å². The highest BCUT2D eigenvalue weighted by molar-refractivity contribution is 9.10. The van der Waals surface area contributed by atoms with Gasteiger partial charge in [0.1, 0.15) is 5.75 Å². The van der Waals surface area contributed by atoms with Crippen molar-refractivity contribution in [3.05, 3.63) is 28.2 Å². The highest BCUT2D eigenvalue weighted by Gasteiger charge is 2.14. The van der Waals surface area contributed by atoms with Gasteiger partial charge in [-0.25, -0.2) is 4.79 Å². The van der Waals surface area contributed by atoms with Crippen molar-refractivity contribution in [1.82, 2.24) is 10.2 Å². The Balaban J connectivity index is 2.57. The van der Waals surface area contributed by atoms with Gasteiger partial charge in [0.05, 0.1) is 24.2 Å². The Labute approximate surface area is 121 Å². The van der Waals surface area contributed by atoms with Gasteiger partial charge in [-0.1, -0.05) is 6.07 Å². The number of urea groups is 1. The van der Waals surface area contributed by atoms with Crippen LogP contribution in [0.25, 0.3) is 0 Å². The maximum Gasteiger partial charge on any atom is 0.317 e. The SMILES string of the molecule is COc1ccc(CNC(=O)N(C)C(C)CO)cc1Br. The van der Waals surface area contributed by atoms with E-state index in [1.165, 1.54) is 4.90 Å². The Bertz CT molecular complexity index is 440. The summed E-state index contributed by atoms with van der Waals surface area (Å²) in [6.07, 6.45) is 0. The highest BCUT2D eigenvalue weighted by atomic mass is 79.9. The molecule has 0 bridgehead atoms. The lowest BCUT2D eigenvalue weighted by Gasteiger charge is -2.23. The summed E-state index contributed by atoms with van der Waals surface area (Å²) in [6, 6.07) is 5.20. The third kappa shape index (κ3) is 4.40. The average Bonchev–Trinajstić information content (AvgIpc) is 2.43. The first-order valence-corrected chi connectivity index (χ1v) is 6.72. The van der Waals surface area contributed by atoms with Gasteiger partial charge in [0.2, 0.25) is 0 Å². The Morgan fingerprint density at radius 2 is 2.26 bits per heavy atom. The largest absolute Gasteiger partial charge is 0.496 e. The Morgan fingerprint density at radius 1 is 1.58 bits per heavy atom. The molecule has 0 saturated heterocycles. The van der Waals surface area contributed by atoms with Crippen LogP contribution in [-0.2, 0) is 6.54 Å². The van der Waals surface area contributed by atoms with Crippen molar-refractivity contribution in [1.29, 1.82) is 0 Å². The molecule has 106 valence electrons. The number of aliphatic hydroxyl groups excluding tert-OH is 1. The van der Waals surface area contributed by atoms with Crippen molar-refractivity contribution in [3.63, 3.8) is 0 Å². The number of halogens is 1. The number of likely N-dealkylation sites (N-methyl/N-ethyl adjacent to an activating group) is 1. The number of ether oxygens (including phenoxy) is 1. The lowest BCUT2D eigenvalue weighted by Crippen LogP contribution is -2.43. The van der Waals surface area contributed by atoms with E-state index in [-0.39, 0.29) is 18.7 Å². The third-order valence-corrected chi connectivity index (χ3v) is 3.53. The monoisotopic (exact) mass is 330 g/mol. The average molecular weight is 331 g/mol. The van der Waals surface area contributed by atoms with Gasteiger partial charge in [0.15, 0.2) is 0 Å². The zero-order valence-corrected chi connectivity index (χ0v) is 12.9. The molecule has 2 amide bonds. The summed E-state index contributed by atoms with van der Waals surface area (Å²) in [6.45, 7) is 2.14. The summed E-state index contributed by atoms with van der Waals surface area (Å²) < 4.78 is 5.99. The smallest absolute Gasteiger partial charge is 0.317 e. The van der Waals surface area contributed by atoms with Gasteiger partial charge < -0.3 is 20.1 Å². The van der Waals surface area contributed by atoms with Gasteiger partial charge in [-0.3, -0.25) is 0 Å². The van der Waals surface area contributed by atoms with Crippen LogP contribution in [0.3, 0.4) is 0 Å². The number of nitrogens with zero attached hydrogens (tertiary/aromatic N) is 1. The second-order valence-corrected chi connectivity index (χ2v) is 5.12. The Hall–Kier alpha value is -1.27. The lowest BCUT2D eigenvalue weighted by atomic mass is 10.2. The van der Waals surface area contributed by atoms with Crippen molar-refractivity contribution < 1.29 is 14.6 Å². The molecule has 0 saturated carbocycles. The van der Waals surface area contributed by atoms with E-state index in [1.807, 2.05) is 18.2 Å². The summed E-state index contributed by atoms with van der Waals surface area (Å²) in [7, 11) is 3.26. The van der Waals surface area contributed by atoms with Crippen LogP contribution < -0.4 is 10.1 Å². The van der Waals surface area contributed by atoms with Gasteiger partial charge in [0, 0.05) is 13.6 Å². The molecule has 0 aliphatic carbocycles. The lowest BCUT2D eigenvalue weighted by molar-refractivity contribution is 0.157. The van der Waals surface area contributed by atoms with Gasteiger partial charge in [0.25, 0.3) is 0 Å². The highest BCUT2D eigenvalue weighted by Crippen LogP contribution is 2.25. The normalized spacial score (nSPS) is 11.8. The maximum absolute atomic E-state index is 11.8. The predicted octanol–water partition coefficient (Wildman–Crippen LogP) is 1.98. The van der Waals surface area contributed by atoms with E-state index in [1.54, 1.807) is 21.1 Å². The summed E-state index contributed by atoms with van der Waals surface area (Å²) >= 11 is 3.40. The van der Waals surface area contributed by atoms with Crippen molar-refractivity contribution in [2.24, 2.45) is 0 Å². The van der Waals surface area contributed by atoms with Gasteiger partial charge in [-0.15, -0.1) is 0 Å². The quantitative estimate of drug-likeness (QED) is 0.867. The molecule has 2 N–H and O–H groups in total. The van der Waals surface area contributed by atoms with Crippen molar-refractivity contribution >= 4 is 22.0 Å². The Kier molecular flexibility index (Phi) is 6.11. The second-order valence-electron chi connectivity index (χ2n) is 4.27. The van der Waals surface area contributed by atoms with E-state index in [0.717, 1.165) is 15.8 Å². The maximum atomic E-state index is 11.8. The fourth-order valence-corrected chi connectivity index (χ4v) is 2.03. The standard InChI is InChI=1S/C13H19BrN2O3/c1-9(8-17)16(2)13(18)15-7-10-4-5-12(19-3)11(14)6-10/h4-6,9,17H,7-8H2,1-3H3,(H,15,18). The van der Waals surface area contributed by atoms with Crippen LogP contribution in [0.4, 0.5) is 4.79 Å². The first-order valence-electron chi connectivity index (χ1n) is 5.93. The van der Waals surface area contributed by atoms with Crippen molar-refractivity contribution in [2.45, 2.75) is 19.5 Å². The summed E-state index contributed by atoms with van der Waals surface area (Å²) in [4.78, 5) is 13.3. The van der Waals surface area contributed by atoms with Crippen molar-refractivity contribution in [2.75, 3.05) is 20.8 Å². The van der Waals surface area contributed by atoms with Crippen LogP contribution in [0.15, 0.2) is 22.7 Å². The zero-order chi connectivity index (χ0) is 14.4. The van der Waals surface area contributed by atoms with Gasteiger partial charge in [-0.05, 0) is 40.5 Å². The topological polar surface area (TPSA) is 61.8 Å². The number of carbonyl (C=O) groups excluding carboxylic acids is 1. The molecule has 0 aliphatic heterocycles. The van der Waals surface area contributed by atoms with Gasteiger partial charge >= 0.3 is 6.03 Å². The first kappa shape index (κ1) is 15.8. The molecule has 6 heteroatoms. The van der Waals surface area contributed by atoms with Crippen LogP contribution in [0, 0.1) is 0 Å². The number of nitrogens with one attached hydrogen (secondary N) is 1. The zero-order valence-electron chi connectivity index (χ0n) is 11.3. The number of rotatable bonds is 5. The molecule has 0 fully saturated rings. The fourth-order valence-electron chi connectivity index (χ4n) is 1.44. The summed E-state index contributed by atoms with van der Waals surface area (Å²) in [5.41, 5.74) is 0.964. The number of carbonyl (C=O) groups is 1. The number of methoxy groups -OCH3 is 1. The molecule has 1 rings (SSSR count). The van der Waals surface area contributed by atoms with E-state index in [4.69, 9.17) is 9.84 Å². The second kappa shape index (κ2) is 7.35. The number of benzene rings is 1. The molecule has 0 heterocycles. The third-order valence-electron chi connectivity index (χ3n) is 2.91. The van der Waals surface area contributed by atoms with Crippen LogP contribution in [0.1, 0.15) is 12.5 Å². The van der Waals surface area contributed by atoms with E-state index in [9.17, 15) is 4.79 Å². The van der Waals surface area contributed by atoms with E-state index in [2.05, 4.69) is 21.2 Å². The fraction of sp³-hybridized carbons (Fsp3) is 0.462. The minimum absolute atomic E-state index is 0.0575. The van der Waals surface area contributed by atoms with Crippen LogP contribution in [0.5, 0.6) is 5.75 Å².